The zero-order valence-corrected chi connectivity index (χ0v) is 18.8. The van der Waals surface area contributed by atoms with Crippen LogP contribution in [0.1, 0.15) is 49.8 Å². The minimum Gasteiger partial charge on any atom is -0.467 e. The van der Waals surface area contributed by atoms with E-state index >= 15 is 0 Å². The highest BCUT2D eigenvalue weighted by atomic mass is 32.1. The number of aromatic nitrogens is 2. The van der Waals surface area contributed by atoms with Crippen molar-refractivity contribution >= 4 is 27.5 Å². The molecule has 4 rings (SSSR count). The summed E-state index contributed by atoms with van der Waals surface area (Å²) >= 11 is 1.51. The van der Waals surface area contributed by atoms with Crippen molar-refractivity contribution in [1.29, 1.82) is 5.41 Å². The molecule has 0 bridgehead atoms. The molecule has 1 N–H and O–H groups in total. The Morgan fingerprint density at radius 2 is 2.16 bits per heavy atom. The molecule has 1 aliphatic heterocycles. The lowest BCUT2D eigenvalue weighted by Crippen LogP contribution is -2.40. The van der Waals surface area contributed by atoms with Gasteiger partial charge in [-0.05, 0) is 44.9 Å². The van der Waals surface area contributed by atoms with Crippen LogP contribution >= 0.6 is 11.3 Å². The van der Waals surface area contributed by atoms with E-state index in [4.69, 9.17) is 19.3 Å². The van der Waals surface area contributed by atoms with Crippen LogP contribution in [0.4, 0.5) is 0 Å². The molecule has 0 unspecified atom stereocenters. The lowest BCUT2D eigenvalue weighted by Gasteiger charge is -2.30. The van der Waals surface area contributed by atoms with Gasteiger partial charge < -0.3 is 13.9 Å². The van der Waals surface area contributed by atoms with Crippen molar-refractivity contribution in [3.63, 3.8) is 0 Å². The number of rotatable bonds is 7. The van der Waals surface area contributed by atoms with Gasteiger partial charge in [-0.25, -0.2) is 4.79 Å². The zero-order valence-electron chi connectivity index (χ0n) is 18.0. The van der Waals surface area contributed by atoms with E-state index in [2.05, 4.69) is 0 Å². The first kappa shape index (κ1) is 21.6. The van der Waals surface area contributed by atoms with Crippen molar-refractivity contribution in [1.82, 2.24) is 9.13 Å². The molecule has 1 aliphatic rings. The maximum atomic E-state index is 13.4. The van der Waals surface area contributed by atoms with Crippen LogP contribution in [0.5, 0.6) is 0 Å². The molecule has 9 heteroatoms. The second-order valence-corrected chi connectivity index (χ2v) is 9.35. The van der Waals surface area contributed by atoms with Crippen LogP contribution in [0.2, 0.25) is 0 Å². The van der Waals surface area contributed by atoms with E-state index in [1.807, 2.05) is 13.8 Å². The summed E-state index contributed by atoms with van der Waals surface area (Å²) in [5, 5.41) is 9.66. The maximum Gasteiger partial charge on any atom is 0.331 e. The predicted molar refractivity (Wildman–Crippen MR) is 116 cm³/mol. The molecular formula is C22H27N3O5S. The van der Waals surface area contributed by atoms with Crippen molar-refractivity contribution < 1.29 is 18.7 Å². The summed E-state index contributed by atoms with van der Waals surface area (Å²) < 4.78 is 19.5. The fourth-order valence-electron chi connectivity index (χ4n) is 3.95. The number of nitrogens with one attached hydrogen (secondary N) is 1. The molecule has 0 fully saturated rings. The summed E-state index contributed by atoms with van der Waals surface area (Å²) in [5.41, 5.74) is 0.655. The highest BCUT2D eigenvalue weighted by Gasteiger charge is 2.31. The van der Waals surface area contributed by atoms with E-state index < -0.39 is 0 Å². The molecule has 0 amide bonds. The van der Waals surface area contributed by atoms with Gasteiger partial charge in [0.1, 0.15) is 16.1 Å². The van der Waals surface area contributed by atoms with E-state index in [0.717, 1.165) is 20.7 Å². The Labute approximate surface area is 183 Å². The second-order valence-electron chi connectivity index (χ2n) is 8.27. The Morgan fingerprint density at radius 3 is 2.87 bits per heavy atom. The quantitative estimate of drug-likeness (QED) is 0.563. The van der Waals surface area contributed by atoms with Crippen molar-refractivity contribution in [2.45, 2.75) is 65.3 Å². The highest BCUT2D eigenvalue weighted by molar-refractivity contribution is 7.18. The van der Waals surface area contributed by atoms with Crippen LogP contribution in [-0.4, -0.2) is 27.3 Å². The molecule has 0 saturated carbocycles. The lowest BCUT2D eigenvalue weighted by atomic mass is 9.94. The number of nitrogens with zero attached hydrogens (tertiary/aromatic N) is 2. The molecule has 4 heterocycles. The molecule has 3 aromatic rings. The van der Waals surface area contributed by atoms with E-state index in [9.17, 15) is 9.59 Å². The first-order valence-corrected chi connectivity index (χ1v) is 11.3. The summed E-state index contributed by atoms with van der Waals surface area (Å²) in [6.45, 7) is 7.21. The van der Waals surface area contributed by atoms with Gasteiger partial charge in [-0.3, -0.25) is 19.3 Å². The predicted octanol–water partition coefficient (Wildman–Crippen LogP) is 3.18. The molecule has 0 radical (unpaired) electrons. The highest BCUT2D eigenvalue weighted by Crippen LogP contribution is 2.37. The van der Waals surface area contributed by atoms with Gasteiger partial charge in [0.05, 0.1) is 37.0 Å². The van der Waals surface area contributed by atoms with Gasteiger partial charge in [0.2, 0.25) is 0 Å². The number of fused-ring (bicyclic) bond motifs is 3. The first-order valence-electron chi connectivity index (χ1n) is 10.4. The van der Waals surface area contributed by atoms with Gasteiger partial charge in [-0.15, -0.1) is 11.3 Å². The van der Waals surface area contributed by atoms with Crippen molar-refractivity contribution in [3.05, 3.63) is 50.6 Å². The summed E-state index contributed by atoms with van der Waals surface area (Å²) in [6, 6.07) is 3.56. The average molecular weight is 446 g/mol. The third-order valence-corrected chi connectivity index (χ3v) is 6.67. The molecule has 0 aromatic carbocycles. The van der Waals surface area contributed by atoms with Gasteiger partial charge in [0.15, 0.2) is 0 Å². The second kappa shape index (κ2) is 8.47. The third kappa shape index (κ3) is 4.24. The van der Waals surface area contributed by atoms with Crippen LogP contribution < -0.4 is 11.2 Å². The molecule has 0 spiro atoms. The van der Waals surface area contributed by atoms with Gasteiger partial charge >= 0.3 is 11.7 Å². The minimum absolute atomic E-state index is 0.184. The number of furan rings is 1. The molecule has 31 heavy (non-hydrogen) atoms. The van der Waals surface area contributed by atoms with Crippen molar-refractivity contribution in [3.8, 4) is 0 Å². The maximum absolute atomic E-state index is 13.4. The Morgan fingerprint density at radius 1 is 1.35 bits per heavy atom. The Bertz CT molecular complexity index is 1220. The minimum atomic E-state index is -0.329. The molecule has 3 aromatic heterocycles. The SMILES string of the molecule is CCOC(=O)CCCn1c(=O)n(Cc2ccco2)c(=N)c2c3c(sc21)COC(C)(C)C3. The van der Waals surface area contributed by atoms with E-state index in [0.29, 0.717) is 38.4 Å². The zero-order chi connectivity index (χ0) is 22.2. The number of carbonyl (C=O) groups is 1. The number of hydrogen-bond acceptors (Lipinski definition) is 7. The fraction of sp³-hybridized carbons (Fsp3) is 0.500. The Hall–Kier alpha value is -2.65. The van der Waals surface area contributed by atoms with E-state index in [1.165, 1.54) is 15.9 Å². The normalized spacial score (nSPS) is 15.2. The van der Waals surface area contributed by atoms with Crippen LogP contribution in [0.15, 0.2) is 27.6 Å². The number of ether oxygens (including phenoxy) is 2. The third-order valence-electron chi connectivity index (χ3n) is 5.44. The Balaban J connectivity index is 1.82. The van der Waals surface area contributed by atoms with Crippen molar-refractivity contribution in [2.75, 3.05) is 6.61 Å². The fourth-order valence-corrected chi connectivity index (χ4v) is 5.20. The molecule has 166 valence electrons. The smallest absolute Gasteiger partial charge is 0.331 e. The number of carbonyl (C=O) groups excluding carboxylic acids is 1. The van der Waals surface area contributed by atoms with Gasteiger partial charge in [-0.1, -0.05) is 0 Å². The molecule has 0 atom stereocenters. The summed E-state index contributed by atoms with van der Waals surface area (Å²) in [6.07, 6.45) is 2.96. The van der Waals surface area contributed by atoms with Crippen LogP contribution in [0.25, 0.3) is 10.2 Å². The summed E-state index contributed by atoms with van der Waals surface area (Å²) in [7, 11) is 0. The average Bonchev–Trinajstić information content (AvgIpc) is 3.35. The van der Waals surface area contributed by atoms with Gasteiger partial charge in [0, 0.05) is 24.3 Å². The number of aryl methyl sites for hydroxylation is 1. The first-order chi connectivity index (χ1) is 14.8. The summed E-state index contributed by atoms with van der Waals surface area (Å²) in [4.78, 5) is 27.0. The monoisotopic (exact) mass is 445 g/mol. The van der Waals surface area contributed by atoms with Gasteiger partial charge in [0.25, 0.3) is 0 Å². The largest absolute Gasteiger partial charge is 0.467 e. The van der Waals surface area contributed by atoms with Crippen LogP contribution in [0.3, 0.4) is 0 Å². The van der Waals surface area contributed by atoms with E-state index in [1.54, 1.807) is 29.9 Å². The number of hydrogen-bond donors (Lipinski definition) is 1. The lowest BCUT2D eigenvalue weighted by molar-refractivity contribution is -0.143. The Kier molecular flexibility index (Phi) is 5.90. The number of thiophene rings is 1. The standard InChI is InChI=1S/C22H27N3O5S/c1-4-28-17(26)8-5-9-24-20-18(15-11-22(2,3)30-13-16(15)31-20)19(23)25(21(24)27)12-14-7-6-10-29-14/h6-7,10,23H,4-5,8-9,11-13H2,1-3H3. The number of esters is 1. The topological polar surface area (TPSA) is 99.5 Å². The van der Waals surface area contributed by atoms with Crippen LogP contribution in [-0.2, 0) is 40.4 Å². The van der Waals surface area contributed by atoms with Crippen LogP contribution in [0, 0.1) is 5.41 Å². The molecule has 0 saturated heterocycles. The van der Waals surface area contributed by atoms with Gasteiger partial charge in [-0.2, -0.15) is 0 Å². The van der Waals surface area contributed by atoms with E-state index in [-0.39, 0.29) is 35.7 Å². The molecule has 0 aliphatic carbocycles. The van der Waals surface area contributed by atoms with Crippen molar-refractivity contribution in [2.24, 2.45) is 0 Å². The molecule has 8 nitrogen and oxygen atoms in total. The summed E-state index contributed by atoms with van der Waals surface area (Å²) in [5.74, 6) is 0.341. The molecular weight excluding hydrogens is 418 g/mol.